The molecule has 2 rings (SSSR count). The van der Waals surface area contributed by atoms with E-state index in [9.17, 15) is 8.42 Å². The van der Waals surface area contributed by atoms with Crippen LogP contribution < -0.4 is 10.0 Å². The van der Waals surface area contributed by atoms with Gasteiger partial charge in [0.1, 0.15) is 0 Å². The molecule has 1 aromatic carbocycles. The summed E-state index contributed by atoms with van der Waals surface area (Å²) >= 11 is 0. The number of nitrogens with one attached hydrogen (secondary N) is 2. The Hall–Kier alpha value is -1.07. The van der Waals surface area contributed by atoms with Gasteiger partial charge in [-0.25, -0.2) is 13.1 Å². The number of benzene rings is 1. The standard InChI is InChI=1S/C13H20N2O2S/c1-4-7-15-18(16,17)10-5-6-11-12(8-10)14-9-13(11,2)3/h5-6,8,14-15H,4,7,9H2,1-3H3. The monoisotopic (exact) mass is 268 g/mol. The van der Waals surface area contributed by atoms with E-state index in [-0.39, 0.29) is 5.41 Å². The van der Waals surface area contributed by atoms with Crippen LogP contribution in [0.1, 0.15) is 32.8 Å². The molecule has 0 radical (unpaired) electrons. The van der Waals surface area contributed by atoms with Crippen LogP contribution in [0.15, 0.2) is 23.1 Å². The summed E-state index contributed by atoms with van der Waals surface area (Å²) in [6.45, 7) is 7.55. The van der Waals surface area contributed by atoms with Crippen molar-refractivity contribution in [3.8, 4) is 0 Å². The summed E-state index contributed by atoms with van der Waals surface area (Å²) < 4.78 is 26.6. The normalized spacial score (nSPS) is 17.3. The van der Waals surface area contributed by atoms with Crippen LogP contribution in [0.5, 0.6) is 0 Å². The zero-order valence-corrected chi connectivity index (χ0v) is 11.9. The van der Waals surface area contributed by atoms with Crippen molar-refractivity contribution in [3.05, 3.63) is 23.8 Å². The van der Waals surface area contributed by atoms with Gasteiger partial charge >= 0.3 is 0 Å². The molecular formula is C13H20N2O2S. The van der Waals surface area contributed by atoms with Gasteiger partial charge in [-0.3, -0.25) is 0 Å². The second-order valence-corrected chi connectivity index (χ2v) is 7.11. The lowest BCUT2D eigenvalue weighted by Crippen LogP contribution is -2.24. The molecule has 0 aliphatic carbocycles. The molecule has 0 bridgehead atoms. The second kappa shape index (κ2) is 4.55. The average molecular weight is 268 g/mol. The molecule has 0 fully saturated rings. The lowest BCUT2D eigenvalue weighted by Gasteiger charge is -2.17. The molecule has 0 unspecified atom stereocenters. The minimum absolute atomic E-state index is 0.0640. The molecular weight excluding hydrogens is 248 g/mol. The molecule has 18 heavy (non-hydrogen) atoms. The Balaban J connectivity index is 2.34. The van der Waals surface area contributed by atoms with Crippen LogP contribution in [0.2, 0.25) is 0 Å². The van der Waals surface area contributed by atoms with Gasteiger partial charge in [0.05, 0.1) is 4.90 Å². The number of hydrogen-bond donors (Lipinski definition) is 2. The molecule has 1 aromatic rings. The molecule has 2 N–H and O–H groups in total. The predicted molar refractivity (Wildman–Crippen MR) is 73.4 cm³/mol. The maximum absolute atomic E-state index is 12.0. The van der Waals surface area contributed by atoms with Gasteiger partial charge in [0, 0.05) is 24.2 Å². The van der Waals surface area contributed by atoms with Crippen molar-refractivity contribution in [2.24, 2.45) is 0 Å². The Kier molecular flexibility index (Phi) is 3.38. The smallest absolute Gasteiger partial charge is 0.240 e. The Morgan fingerprint density at radius 1 is 1.39 bits per heavy atom. The molecule has 100 valence electrons. The van der Waals surface area contributed by atoms with E-state index in [2.05, 4.69) is 23.9 Å². The van der Waals surface area contributed by atoms with Crippen molar-refractivity contribution in [2.45, 2.75) is 37.5 Å². The summed E-state index contributed by atoms with van der Waals surface area (Å²) in [5, 5.41) is 3.27. The number of hydrogen-bond acceptors (Lipinski definition) is 3. The maximum atomic E-state index is 12.0. The van der Waals surface area contributed by atoms with E-state index in [1.54, 1.807) is 12.1 Å². The Morgan fingerprint density at radius 2 is 2.11 bits per heavy atom. The van der Waals surface area contributed by atoms with E-state index in [1.807, 2.05) is 13.0 Å². The van der Waals surface area contributed by atoms with E-state index >= 15 is 0 Å². The summed E-state index contributed by atoms with van der Waals surface area (Å²) in [7, 11) is -3.37. The van der Waals surface area contributed by atoms with Gasteiger partial charge in [-0.05, 0) is 24.1 Å². The molecule has 5 heteroatoms. The largest absolute Gasteiger partial charge is 0.384 e. The minimum atomic E-state index is -3.37. The summed E-state index contributed by atoms with van der Waals surface area (Å²) in [5.41, 5.74) is 2.17. The third-order valence-corrected chi connectivity index (χ3v) is 4.75. The Morgan fingerprint density at radius 3 is 2.78 bits per heavy atom. The van der Waals surface area contributed by atoms with Gasteiger partial charge < -0.3 is 5.32 Å². The van der Waals surface area contributed by atoms with Crippen molar-refractivity contribution >= 4 is 15.7 Å². The summed E-state index contributed by atoms with van der Waals surface area (Å²) in [6, 6.07) is 5.32. The Bertz CT molecular complexity index is 550. The quantitative estimate of drug-likeness (QED) is 0.879. The first-order valence-electron chi connectivity index (χ1n) is 6.25. The zero-order valence-electron chi connectivity index (χ0n) is 11.1. The summed E-state index contributed by atoms with van der Waals surface area (Å²) in [6.07, 6.45) is 0.787. The van der Waals surface area contributed by atoms with Crippen molar-refractivity contribution < 1.29 is 8.42 Å². The number of sulfonamides is 1. The summed E-state index contributed by atoms with van der Waals surface area (Å²) in [4.78, 5) is 0.333. The number of fused-ring (bicyclic) bond motifs is 1. The highest BCUT2D eigenvalue weighted by molar-refractivity contribution is 7.89. The van der Waals surface area contributed by atoms with E-state index < -0.39 is 10.0 Å². The highest BCUT2D eigenvalue weighted by Gasteiger charge is 2.30. The Labute approximate surface area is 109 Å². The van der Waals surface area contributed by atoms with E-state index in [0.717, 1.165) is 18.7 Å². The third-order valence-electron chi connectivity index (χ3n) is 3.29. The number of rotatable bonds is 4. The average Bonchev–Trinajstić information content (AvgIpc) is 2.63. The van der Waals surface area contributed by atoms with Gasteiger partial charge in [-0.2, -0.15) is 0 Å². The van der Waals surface area contributed by atoms with E-state index in [4.69, 9.17) is 0 Å². The molecule has 1 aliphatic rings. The molecule has 0 saturated heterocycles. The van der Waals surface area contributed by atoms with Crippen LogP contribution in [-0.2, 0) is 15.4 Å². The van der Waals surface area contributed by atoms with E-state index in [0.29, 0.717) is 11.4 Å². The van der Waals surface area contributed by atoms with Gasteiger partial charge in [0.2, 0.25) is 10.0 Å². The molecule has 0 spiro atoms. The fraction of sp³-hybridized carbons (Fsp3) is 0.538. The third kappa shape index (κ3) is 2.37. The van der Waals surface area contributed by atoms with Crippen molar-refractivity contribution in [2.75, 3.05) is 18.4 Å². The number of anilines is 1. The SMILES string of the molecule is CCCNS(=O)(=O)c1ccc2c(c1)NCC2(C)C. The second-order valence-electron chi connectivity index (χ2n) is 5.34. The zero-order chi connectivity index (χ0) is 13.4. The van der Waals surface area contributed by atoms with Crippen molar-refractivity contribution in [3.63, 3.8) is 0 Å². The highest BCUT2D eigenvalue weighted by Crippen LogP contribution is 2.37. The topological polar surface area (TPSA) is 58.2 Å². The lowest BCUT2D eigenvalue weighted by molar-refractivity contribution is 0.579. The first kappa shape index (κ1) is 13.4. The highest BCUT2D eigenvalue weighted by atomic mass is 32.2. The molecule has 0 amide bonds. The van der Waals surface area contributed by atoms with Gasteiger partial charge in [0.15, 0.2) is 0 Å². The fourth-order valence-electron chi connectivity index (χ4n) is 2.16. The van der Waals surface area contributed by atoms with Crippen LogP contribution >= 0.6 is 0 Å². The van der Waals surface area contributed by atoms with Crippen LogP contribution in [0.4, 0.5) is 5.69 Å². The first-order valence-corrected chi connectivity index (χ1v) is 7.73. The molecule has 1 aliphatic heterocycles. The van der Waals surface area contributed by atoms with Crippen LogP contribution in [0, 0.1) is 0 Å². The molecule has 0 saturated carbocycles. The summed E-state index contributed by atoms with van der Waals surface area (Å²) in [5.74, 6) is 0. The maximum Gasteiger partial charge on any atom is 0.240 e. The van der Waals surface area contributed by atoms with Crippen molar-refractivity contribution in [1.29, 1.82) is 0 Å². The molecule has 0 atom stereocenters. The van der Waals surface area contributed by atoms with E-state index in [1.165, 1.54) is 5.56 Å². The van der Waals surface area contributed by atoms with Gasteiger partial charge in [-0.1, -0.05) is 26.8 Å². The van der Waals surface area contributed by atoms with Crippen LogP contribution in [-0.4, -0.2) is 21.5 Å². The van der Waals surface area contributed by atoms with Gasteiger partial charge in [-0.15, -0.1) is 0 Å². The predicted octanol–water partition coefficient (Wildman–Crippen LogP) is 2.08. The fourth-order valence-corrected chi connectivity index (χ4v) is 3.32. The van der Waals surface area contributed by atoms with Crippen LogP contribution in [0.25, 0.3) is 0 Å². The molecule has 4 nitrogen and oxygen atoms in total. The molecule has 1 heterocycles. The van der Waals surface area contributed by atoms with Crippen LogP contribution in [0.3, 0.4) is 0 Å². The lowest BCUT2D eigenvalue weighted by atomic mass is 9.87. The van der Waals surface area contributed by atoms with Gasteiger partial charge in [0.25, 0.3) is 0 Å². The first-order chi connectivity index (χ1) is 8.37. The molecule has 0 aromatic heterocycles. The van der Waals surface area contributed by atoms with Crippen molar-refractivity contribution in [1.82, 2.24) is 4.72 Å². The minimum Gasteiger partial charge on any atom is -0.384 e.